The Morgan fingerprint density at radius 1 is 1.60 bits per heavy atom. The summed E-state index contributed by atoms with van der Waals surface area (Å²) < 4.78 is 0. The van der Waals surface area contributed by atoms with Gasteiger partial charge in [-0.2, -0.15) is 0 Å². The molecule has 10 heavy (non-hydrogen) atoms. The predicted molar refractivity (Wildman–Crippen MR) is 40.2 cm³/mol. The summed E-state index contributed by atoms with van der Waals surface area (Å²) in [7, 11) is 0. The van der Waals surface area contributed by atoms with Gasteiger partial charge in [0, 0.05) is 6.20 Å². The minimum absolute atomic E-state index is 0.150. The summed E-state index contributed by atoms with van der Waals surface area (Å²) in [6, 6.07) is 0. The number of aliphatic imine (C=N–C) groups is 1. The maximum atomic E-state index is 10.6. The molecule has 0 atom stereocenters. The highest BCUT2D eigenvalue weighted by molar-refractivity contribution is 6.43. The molecule has 0 aliphatic carbocycles. The molecule has 0 saturated heterocycles. The smallest absolute Gasteiger partial charge is 0.283 e. The van der Waals surface area contributed by atoms with Crippen molar-refractivity contribution in [1.82, 2.24) is 5.43 Å². The lowest BCUT2D eigenvalue weighted by Crippen LogP contribution is -2.35. The van der Waals surface area contributed by atoms with E-state index in [1.807, 2.05) is 5.43 Å². The molecule has 0 aromatic carbocycles. The SMILES string of the molecule is C=CN=C(C=C)C(=O)NN. The molecule has 0 unspecified atom stereocenters. The molecule has 1 amide bonds. The molecule has 0 rings (SSSR count). The molecule has 0 bridgehead atoms. The third-order valence-corrected chi connectivity index (χ3v) is 0.787. The third-order valence-electron chi connectivity index (χ3n) is 0.787. The van der Waals surface area contributed by atoms with E-state index in [0.29, 0.717) is 0 Å². The van der Waals surface area contributed by atoms with Gasteiger partial charge in [-0.3, -0.25) is 15.2 Å². The molecule has 0 aliphatic heterocycles. The van der Waals surface area contributed by atoms with Gasteiger partial charge in [0.2, 0.25) is 0 Å². The number of rotatable bonds is 3. The number of carbonyl (C=O) groups excluding carboxylic acids is 1. The lowest BCUT2D eigenvalue weighted by molar-refractivity contribution is -0.114. The van der Waals surface area contributed by atoms with Gasteiger partial charge in [-0.1, -0.05) is 13.2 Å². The zero-order valence-electron chi connectivity index (χ0n) is 5.50. The number of nitrogens with two attached hydrogens (primary N) is 1. The Morgan fingerprint density at radius 3 is 2.50 bits per heavy atom. The maximum absolute atomic E-state index is 10.6. The van der Waals surface area contributed by atoms with Crippen molar-refractivity contribution in [2.45, 2.75) is 0 Å². The minimum atomic E-state index is -0.477. The lowest BCUT2D eigenvalue weighted by Gasteiger charge is -1.94. The van der Waals surface area contributed by atoms with Crippen molar-refractivity contribution in [3.05, 3.63) is 25.4 Å². The third kappa shape index (κ3) is 2.23. The van der Waals surface area contributed by atoms with Crippen molar-refractivity contribution in [3.8, 4) is 0 Å². The van der Waals surface area contributed by atoms with Gasteiger partial charge in [-0.05, 0) is 6.08 Å². The van der Waals surface area contributed by atoms with E-state index in [1.165, 1.54) is 12.3 Å². The standard InChI is InChI=1S/C6H9N3O/c1-3-5(8-4-2)6(10)9-7/h3-4H,1-2,7H2,(H,9,10). The molecule has 3 N–H and O–H groups in total. The molecule has 0 radical (unpaired) electrons. The number of amides is 1. The van der Waals surface area contributed by atoms with Gasteiger partial charge in [0.15, 0.2) is 0 Å². The Labute approximate surface area is 59.1 Å². The average Bonchev–Trinajstić information content (AvgIpc) is 1.99. The Bertz CT molecular complexity index is 183. The van der Waals surface area contributed by atoms with Crippen LogP contribution in [-0.4, -0.2) is 11.6 Å². The van der Waals surface area contributed by atoms with Crippen LogP contribution in [0.25, 0.3) is 0 Å². The van der Waals surface area contributed by atoms with Crippen LogP contribution in [0.5, 0.6) is 0 Å². The highest BCUT2D eigenvalue weighted by Gasteiger charge is 2.01. The maximum Gasteiger partial charge on any atom is 0.283 e. The molecule has 0 aromatic heterocycles. The van der Waals surface area contributed by atoms with Gasteiger partial charge in [-0.25, -0.2) is 5.84 Å². The molecule has 0 heterocycles. The molecule has 54 valence electrons. The van der Waals surface area contributed by atoms with Gasteiger partial charge >= 0.3 is 0 Å². The summed E-state index contributed by atoms with van der Waals surface area (Å²) >= 11 is 0. The van der Waals surface area contributed by atoms with Crippen molar-refractivity contribution >= 4 is 11.6 Å². The number of hydrazine groups is 1. The molecule has 0 aromatic rings. The topological polar surface area (TPSA) is 67.5 Å². The van der Waals surface area contributed by atoms with E-state index in [2.05, 4.69) is 18.2 Å². The molecule has 0 spiro atoms. The van der Waals surface area contributed by atoms with Crippen molar-refractivity contribution in [1.29, 1.82) is 0 Å². The van der Waals surface area contributed by atoms with Crippen LogP contribution >= 0.6 is 0 Å². The normalized spacial score (nSPS) is 10.3. The zero-order chi connectivity index (χ0) is 7.98. The van der Waals surface area contributed by atoms with Gasteiger partial charge in [0.05, 0.1) is 0 Å². The van der Waals surface area contributed by atoms with Gasteiger partial charge < -0.3 is 0 Å². The van der Waals surface area contributed by atoms with E-state index in [4.69, 9.17) is 5.84 Å². The van der Waals surface area contributed by atoms with E-state index in [1.54, 1.807) is 0 Å². The quantitative estimate of drug-likeness (QED) is 0.245. The highest BCUT2D eigenvalue weighted by atomic mass is 16.2. The first-order chi connectivity index (χ1) is 4.76. The first-order valence-corrected chi connectivity index (χ1v) is 2.58. The summed E-state index contributed by atoms with van der Waals surface area (Å²) in [6.45, 7) is 6.66. The van der Waals surface area contributed by atoms with Crippen LogP contribution in [0.3, 0.4) is 0 Å². The molecule has 0 saturated carbocycles. The summed E-state index contributed by atoms with van der Waals surface area (Å²) in [5, 5.41) is 0. The molecule has 0 aliphatic rings. The fourth-order valence-electron chi connectivity index (χ4n) is 0.376. The van der Waals surface area contributed by atoms with Crippen molar-refractivity contribution < 1.29 is 4.79 Å². The highest BCUT2D eigenvalue weighted by Crippen LogP contribution is 1.80. The number of nitrogens with zero attached hydrogens (tertiary/aromatic N) is 1. The number of nitrogens with one attached hydrogen (secondary N) is 1. The van der Waals surface area contributed by atoms with Crippen molar-refractivity contribution in [3.63, 3.8) is 0 Å². The lowest BCUT2D eigenvalue weighted by atomic mass is 10.3. The van der Waals surface area contributed by atoms with Gasteiger partial charge in [0.25, 0.3) is 5.91 Å². The fraction of sp³-hybridized carbons (Fsp3) is 0. The Kier molecular flexibility index (Phi) is 3.83. The first kappa shape index (κ1) is 8.58. The van der Waals surface area contributed by atoms with Crippen LogP contribution in [0.4, 0.5) is 0 Å². The van der Waals surface area contributed by atoms with E-state index < -0.39 is 5.91 Å². The Balaban J connectivity index is 4.34. The van der Waals surface area contributed by atoms with Crippen LogP contribution < -0.4 is 11.3 Å². The molecular formula is C6H9N3O. The van der Waals surface area contributed by atoms with Crippen LogP contribution in [0, 0.1) is 0 Å². The van der Waals surface area contributed by atoms with Crippen LogP contribution in [0.1, 0.15) is 0 Å². The average molecular weight is 139 g/mol. The monoisotopic (exact) mass is 139 g/mol. The summed E-state index contributed by atoms with van der Waals surface area (Å²) in [5.41, 5.74) is 2.06. The minimum Gasteiger partial charge on any atom is -0.289 e. The largest absolute Gasteiger partial charge is 0.289 e. The van der Waals surface area contributed by atoms with Crippen molar-refractivity contribution in [2.75, 3.05) is 0 Å². The van der Waals surface area contributed by atoms with E-state index >= 15 is 0 Å². The summed E-state index contributed by atoms with van der Waals surface area (Å²) in [6.07, 6.45) is 2.54. The first-order valence-electron chi connectivity index (χ1n) is 2.58. The summed E-state index contributed by atoms with van der Waals surface area (Å²) in [4.78, 5) is 14.2. The Hall–Kier alpha value is -1.42. The molecule has 0 fully saturated rings. The van der Waals surface area contributed by atoms with Crippen LogP contribution in [0.2, 0.25) is 0 Å². The Morgan fingerprint density at radius 2 is 2.20 bits per heavy atom. The second-order valence-corrected chi connectivity index (χ2v) is 1.37. The number of carbonyl (C=O) groups is 1. The van der Waals surface area contributed by atoms with Crippen molar-refractivity contribution in [2.24, 2.45) is 10.8 Å². The predicted octanol–water partition coefficient (Wildman–Crippen LogP) is -0.253. The van der Waals surface area contributed by atoms with Gasteiger partial charge in [0.1, 0.15) is 5.71 Å². The molecular weight excluding hydrogens is 130 g/mol. The number of hydrogen-bond donors (Lipinski definition) is 2. The fourth-order valence-corrected chi connectivity index (χ4v) is 0.376. The van der Waals surface area contributed by atoms with Crippen LogP contribution in [0.15, 0.2) is 30.4 Å². The molecule has 4 nitrogen and oxygen atoms in total. The van der Waals surface area contributed by atoms with Gasteiger partial charge in [-0.15, -0.1) is 0 Å². The van der Waals surface area contributed by atoms with Crippen LogP contribution in [-0.2, 0) is 4.79 Å². The number of hydrogen-bond acceptors (Lipinski definition) is 3. The van der Waals surface area contributed by atoms with E-state index in [-0.39, 0.29) is 5.71 Å². The second kappa shape index (κ2) is 4.46. The zero-order valence-corrected chi connectivity index (χ0v) is 5.50. The van der Waals surface area contributed by atoms with E-state index in [0.717, 1.165) is 0 Å². The summed E-state index contributed by atoms with van der Waals surface area (Å²) in [5.74, 6) is 4.34. The second-order valence-electron chi connectivity index (χ2n) is 1.37. The van der Waals surface area contributed by atoms with E-state index in [9.17, 15) is 4.79 Å². The molecule has 4 heteroatoms.